The molecule has 0 spiro atoms. The lowest BCUT2D eigenvalue weighted by Crippen LogP contribution is -2.29. The average Bonchev–Trinajstić information content (AvgIpc) is 3.08. The first-order chi connectivity index (χ1) is 17.4. The van der Waals surface area contributed by atoms with Gasteiger partial charge in [0.05, 0.1) is 34.9 Å². The topological polar surface area (TPSA) is 87.1 Å². The molecule has 1 atom stereocenters. The van der Waals surface area contributed by atoms with E-state index in [1.54, 1.807) is 13.0 Å². The predicted molar refractivity (Wildman–Crippen MR) is 130 cm³/mol. The number of likely N-dealkylation sites (tertiary alicyclic amines) is 1. The molecule has 4 rings (SSSR count). The van der Waals surface area contributed by atoms with Gasteiger partial charge in [0.1, 0.15) is 17.3 Å². The van der Waals surface area contributed by atoms with Gasteiger partial charge in [0.25, 0.3) is 11.7 Å². The SMILES string of the molecule is COc1c(Cl)cc(C)cc1/C(O)=C1\C(=O)C(=O)N(Cc2cccc(C(F)(F)F)c2)C1c1ccc(O)cc1. The van der Waals surface area contributed by atoms with E-state index in [4.69, 9.17) is 16.3 Å². The van der Waals surface area contributed by atoms with Crippen LogP contribution < -0.4 is 4.74 Å². The smallest absolute Gasteiger partial charge is 0.416 e. The van der Waals surface area contributed by atoms with Crippen molar-refractivity contribution in [3.8, 4) is 11.5 Å². The number of Topliss-reactive ketones (excluding diaryl/α,β-unsaturated/α-hetero) is 1. The molecule has 0 radical (unpaired) electrons. The molecule has 37 heavy (non-hydrogen) atoms. The Morgan fingerprint density at radius 1 is 1.08 bits per heavy atom. The zero-order valence-electron chi connectivity index (χ0n) is 19.6. The van der Waals surface area contributed by atoms with Crippen LogP contribution in [0.2, 0.25) is 5.02 Å². The fraction of sp³-hybridized carbons (Fsp3) is 0.185. The number of amides is 1. The first-order valence-corrected chi connectivity index (χ1v) is 11.4. The lowest BCUT2D eigenvalue weighted by atomic mass is 9.94. The molecule has 3 aromatic rings. The van der Waals surface area contributed by atoms with Crippen molar-refractivity contribution < 1.29 is 37.7 Å². The number of ether oxygens (including phenoxy) is 1. The van der Waals surface area contributed by atoms with Gasteiger partial charge in [0, 0.05) is 6.54 Å². The number of aromatic hydroxyl groups is 1. The normalized spacial score (nSPS) is 17.4. The van der Waals surface area contributed by atoms with Gasteiger partial charge in [-0.3, -0.25) is 9.59 Å². The first-order valence-electron chi connectivity index (χ1n) is 11.0. The molecule has 1 heterocycles. The summed E-state index contributed by atoms with van der Waals surface area (Å²) < 4.78 is 45.1. The summed E-state index contributed by atoms with van der Waals surface area (Å²) >= 11 is 6.27. The number of hydrogen-bond donors (Lipinski definition) is 2. The highest BCUT2D eigenvalue weighted by Crippen LogP contribution is 2.43. The van der Waals surface area contributed by atoms with E-state index in [9.17, 15) is 33.0 Å². The number of aryl methyl sites for hydroxylation is 1. The number of nitrogens with zero attached hydrogens (tertiary/aromatic N) is 1. The van der Waals surface area contributed by atoms with Crippen LogP contribution in [0.15, 0.2) is 66.2 Å². The maximum Gasteiger partial charge on any atom is 0.416 e. The molecule has 0 aliphatic carbocycles. The van der Waals surface area contributed by atoms with Gasteiger partial charge in [-0.05, 0) is 60.0 Å². The molecule has 10 heteroatoms. The quantitative estimate of drug-likeness (QED) is 0.239. The number of rotatable bonds is 5. The van der Waals surface area contributed by atoms with Gasteiger partial charge in [0.15, 0.2) is 0 Å². The minimum atomic E-state index is -4.60. The Morgan fingerprint density at radius 3 is 2.38 bits per heavy atom. The van der Waals surface area contributed by atoms with E-state index in [1.165, 1.54) is 49.6 Å². The lowest BCUT2D eigenvalue weighted by molar-refractivity contribution is -0.140. The third kappa shape index (κ3) is 4.99. The van der Waals surface area contributed by atoms with Crippen molar-refractivity contribution >= 4 is 29.1 Å². The van der Waals surface area contributed by atoms with E-state index < -0.39 is 35.2 Å². The van der Waals surface area contributed by atoms with E-state index >= 15 is 0 Å². The summed E-state index contributed by atoms with van der Waals surface area (Å²) in [5.74, 6) is -2.58. The molecule has 1 amide bonds. The van der Waals surface area contributed by atoms with Crippen LogP contribution in [0.4, 0.5) is 13.2 Å². The molecule has 0 aromatic heterocycles. The maximum absolute atomic E-state index is 13.3. The largest absolute Gasteiger partial charge is 0.508 e. The monoisotopic (exact) mass is 531 g/mol. The van der Waals surface area contributed by atoms with Crippen LogP contribution in [0.25, 0.3) is 5.76 Å². The molecule has 0 saturated carbocycles. The molecule has 1 unspecified atom stereocenters. The summed E-state index contributed by atoms with van der Waals surface area (Å²) in [6.07, 6.45) is -4.60. The zero-order chi connectivity index (χ0) is 27.1. The van der Waals surface area contributed by atoms with E-state index in [0.717, 1.165) is 17.0 Å². The standard InChI is InChI=1S/C27H21ClF3NO5/c1-14-10-19(25(37-2)20(28)11-14)23(34)21-22(16-6-8-18(33)9-7-16)32(26(36)24(21)35)13-15-4-3-5-17(12-15)27(29,30)31/h3-12,22,33-34H,13H2,1-2H3/b23-21+. The molecule has 1 aliphatic rings. The zero-order valence-corrected chi connectivity index (χ0v) is 20.4. The van der Waals surface area contributed by atoms with Crippen molar-refractivity contribution in [3.63, 3.8) is 0 Å². The fourth-order valence-corrected chi connectivity index (χ4v) is 4.70. The van der Waals surface area contributed by atoms with Crippen molar-refractivity contribution in [1.29, 1.82) is 0 Å². The highest BCUT2D eigenvalue weighted by molar-refractivity contribution is 6.46. The summed E-state index contributed by atoms with van der Waals surface area (Å²) in [4.78, 5) is 27.5. The Morgan fingerprint density at radius 2 is 1.76 bits per heavy atom. The molecule has 2 N–H and O–H groups in total. The van der Waals surface area contributed by atoms with E-state index in [-0.39, 0.29) is 39.8 Å². The summed E-state index contributed by atoms with van der Waals surface area (Å²) in [5.41, 5.74) is 0.0181. The Hall–Kier alpha value is -3.98. The predicted octanol–water partition coefficient (Wildman–Crippen LogP) is 6.00. The fourth-order valence-electron chi connectivity index (χ4n) is 4.35. The number of hydrogen-bond acceptors (Lipinski definition) is 5. The minimum absolute atomic E-state index is 0.0772. The third-order valence-electron chi connectivity index (χ3n) is 6.00. The van der Waals surface area contributed by atoms with Crippen molar-refractivity contribution in [2.45, 2.75) is 25.7 Å². The van der Waals surface area contributed by atoms with Crippen LogP contribution in [0.3, 0.4) is 0 Å². The van der Waals surface area contributed by atoms with Gasteiger partial charge in [-0.15, -0.1) is 0 Å². The molecule has 3 aromatic carbocycles. The molecule has 0 bridgehead atoms. The highest BCUT2D eigenvalue weighted by Gasteiger charge is 2.46. The van der Waals surface area contributed by atoms with Crippen molar-refractivity contribution in [2.24, 2.45) is 0 Å². The van der Waals surface area contributed by atoms with Crippen LogP contribution in [0.5, 0.6) is 11.5 Å². The van der Waals surface area contributed by atoms with Gasteiger partial charge in [-0.2, -0.15) is 13.2 Å². The number of phenolic OH excluding ortho intramolecular Hbond substituents is 1. The molecular formula is C27H21ClF3NO5. The van der Waals surface area contributed by atoms with Gasteiger partial charge < -0.3 is 19.8 Å². The van der Waals surface area contributed by atoms with Gasteiger partial charge >= 0.3 is 6.18 Å². The summed E-state index contributed by atoms with van der Waals surface area (Å²) in [7, 11) is 1.33. The number of methoxy groups -OCH3 is 1. The average molecular weight is 532 g/mol. The summed E-state index contributed by atoms with van der Waals surface area (Å²) in [5, 5.41) is 21.3. The van der Waals surface area contributed by atoms with Crippen LogP contribution >= 0.6 is 11.6 Å². The lowest BCUT2D eigenvalue weighted by Gasteiger charge is -2.26. The number of carbonyl (C=O) groups excluding carboxylic acids is 2. The molecule has 192 valence electrons. The van der Waals surface area contributed by atoms with E-state index in [0.29, 0.717) is 11.1 Å². The number of halogens is 4. The van der Waals surface area contributed by atoms with Gasteiger partial charge in [-0.25, -0.2) is 0 Å². The highest BCUT2D eigenvalue weighted by atomic mass is 35.5. The van der Waals surface area contributed by atoms with Crippen molar-refractivity contribution in [1.82, 2.24) is 4.90 Å². The molecule has 1 aliphatic heterocycles. The minimum Gasteiger partial charge on any atom is -0.508 e. The van der Waals surface area contributed by atoms with Crippen LogP contribution in [-0.2, 0) is 22.3 Å². The first kappa shape index (κ1) is 26.1. The Bertz CT molecular complexity index is 1420. The number of aliphatic hydroxyl groups is 1. The number of phenols is 1. The van der Waals surface area contributed by atoms with E-state index in [1.807, 2.05) is 0 Å². The van der Waals surface area contributed by atoms with Gasteiger partial charge in [-0.1, -0.05) is 35.9 Å². The third-order valence-corrected chi connectivity index (χ3v) is 6.28. The Kier molecular flexibility index (Phi) is 6.92. The summed E-state index contributed by atoms with van der Waals surface area (Å²) in [6, 6.07) is 12.0. The Balaban J connectivity index is 1.90. The maximum atomic E-state index is 13.3. The van der Waals surface area contributed by atoms with Crippen molar-refractivity contribution in [3.05, 3.63) is 99.1 Å². The second-order valence-corrected chi connectivity index (χ2v) is 8.95. The molecular weight excluding hydrogens is 511 g/mol. The summed E-state index contributed by atoms with van der Waals surface area (Å²) in [6.45, 7) is 1.37. The van der Waals surface area contributed by atoms with Gasteiger partial charge in [0.2, 0.25) is 0 Å². The Labute approximate surface area is 215 Å². The van der Waals surface area contributed by atoms with Crippen LogP contribution in [-0.4, -0.2) is 33.9 Å². The van der Waals surface area contributed by atoms with Crippen molar-refractivity contribution in [2.75, 3.05) is 7.11 Å². The molecule has 1 fully saturated rings. The van der Waals surface area contributed by atoms with Crippen LogP contribution in [0, 0.1) is 6.92 Å². The number of carbonyl (C=O) groups is 2. The second kappa shape index (κ2) is 9.82. The number of aliphatic hydroxyl groups excluding tert-OH is 1. The van der Waals surface area contributed by atoms with Crippen LogP contribution in [0.1, 0.15) is 33.9 Å². The molecule has 6 nitrogen and oxygen atoms in total. The number of alkyl halides is 3. The number of ketones is 1. The van der Waals surface area contributed by atoms with E-state index in [2.05, 4.69) is 0 Å². The molecule has 1 saturated heterocycles. The number of benzene rings is 3. The second-order valence-electron chi connectivity index (χ2n) is 8.54.